The quantitative estimate of drug-likeness (QED) is 0.479. The fraction of sp³-hybridized carbons (Fsp3) is 0.633. The first kappa shape index (κ1) is 22.9. The summed E-state index contributed by atoms with van der Waals surface area (Å²) in [5, 5.41) is 10.3. The molecule has 0 aromatic carbocycles. The first-order chi connectivity index (χ1) is 15.3. The van der Waals surface area contributed by atoms with Crippen molar-refractivity contribution in [2.45, 2.75) is 73.1 Å². The molecule has 5 aliphatic rings. The van der Waals surface area contributed by atoms with Crippen LogP contribution in [-0.2, 0) is 4.79 Å². The number of ketones is 1. The van der Waals surface area contributed by atoms with Gasteiger partial charge < -0.3 is 10.0 Å². The monoisotopic (exact) mass is 447 g/mol. The van der Waals surface area contributed by atoms with Crippen molar-refractivity contribution < 1.29 is 9.90 Å². The first-order valence-corrected chi connectivity index (χ1v) is 12.8. The smallest absolute Gasteiger partial charge is 0.220 e. The van der Waals surface area contributed by atoms with E-state index in [9.17, 15) is 9.90 Å². The van der Waals surface area contributed by atoms with Crippen LogP contribution in [0.2, 0.25) is 0 Å². The Morgan fingerprint density at radius 1 is 1.03 bits per heavy atom. The topological polar surface area (TPSA) is 40.5 Å². The van der Waals surface area contributed by atoms with Gasteiger partial charge in [-0.15, -0.1) is 0 Å². The van der Waals surface area contributed by atoms with Gasteiger partial charge in [0.2, 0.25) is 5.78 Å². The van der Waals surface area contributed by atoms with Crippen LogP contribution in [-0.4, -0.2) is 36.4 Å². The summed E-state index contributed by atoms with van der Waals surface area (Å²) >= 11 is 0. The highest BCUT2D eigenvalue weighted by atomic mass is 16.3. The summed E-state index contributed by atoms with van der Waals surface area (Å²) in [5.41, 5.74) is 6.61. The molecule has 2 fully saturated rings. The third-order valence-electron chi connectivity index (χ3n) is 10.2. The van der Waals surface area contributed by atoms with Gasteiger partial charge in [-0.25, -0.2) is 0 Å². The summed E-state index contributed by atoms with van der Waals surface area (Å²) < 4.78 is 0. The molecule has 0 aliphatic heterocycles. The van der Waals surface area contributed by atoms with E-state index in [1.165, 1.54) is 37.7 Å². The summed E-state index contributed by atoms with van der Waals surface area (Å²) in [5.74, 6) is 0.281. The van der Waals surface area contributed by atoms with Crippen LogP contribution in [0.1, 0.15) is 73.1 Å². The van der Waals surface area contributed by atoms with E-state index in [0.29, 0.717) is 16.7 Å². The van der Waals surface area contributed by atoms with E-state index >= 15 is 0 Å². The largest absolute Gasteiger partial charge is 0.504 e. The Balaban J connectivity index is 1.60. The van der Waals surface area contributed by atoms with Crippen molar-refractivity contribution in [3.63, 3.8) is 0 Å². The molecule has 0 heterocycles. The van der Waals surface area contributed by atoms with Crippen molar-refractivity contribution in [2.75, 3.05) is 20.6 Å². The molecule has 0 radical (unpaired) electrons. The Labute approximate surface area is 200 Å². The Bertz CT molecular complexity index is 1080. The molecular formula is C30H41NO2. The van der Waals surface area contributed by atoms with Gasteiger partial charge in [-0.3, -0.25) is 4.79 Å². The zero-order chi connectivity index (χ0) is 24.0. The molecule has 5 rings (SSSR count). The average molecular weight is 448 g/mol. The summed E-state index contributed by atoms with van der Waals surface area (Å²) in [4.78, 5) is 14.9. The Hall–Kier alpha value is -1.87. The van der Waals surface area contributed by atoms with E-state index in [4.69, 9.17) is 0 Å². The minimum Gasteiger partial charge on any atom is -0.504 e. The number of carbonyl (C=O) groups is 1. The summed E-state index contributed by atoms with van der Waals surface area (Å²) in [6, 6.07) is 0. The SMILES string of the molecule is CC1=C(O)C(=O)C=C2C1=CC=C1[C@@]2(C)CC=C2[C@@H]3C[C@](C)(CN(C)C)CC[C@]3(C)CC[C@@]21C. The van der Waals surface area contributed by atoms with Gasteiger partial charge in [0.1, 0.15) is 0 Å². The predicted octanol–water partition coefficient (Wildman–Crippen LogP) is 6.70. The molecule has 0 unspecified atom stereocenters. The Morgan fingerprint density at radius 2 is 1.73 bits per heavy atom. The van der Waals surface area contributed by atoms with Crippen LogP contribution in [0.15, 0.2) is 57.9 Å². The lowest BCUT2D eigenvalue weighted by molar-refractivity contribution is -0.113. The molecule has 0 aromatic heterocycles. The minimum absolute atomic E-state index is 0.0383. The van der Waals surface area contributed by atoms with Gasteiger partial charge in [-0.1, -0.05) is 51.5 Å². The van der Waals surface area contributed by atoms with Crippen molar-refractivity contribution >= 4 is 5.78 Å². The second kappa shape index (κ2) is 7.07. The van der Waals surface area contributed by atoms with Gasteiger partial charge in [0, 0.05) is 22.9 Å². The van der Waals surface area contributed by atoms with Crippen molar-refractivity contribution in [3.8, 4) is 0 Å². The van der Waals surface area contributed by atoms with Crippen molar-refractivity contribution in [2.24, 2.45) is 27.6 Å². The molecule has 0 spiro atoms. The molecular weight excluding hydrogens is 406 g/mol. The molecule has 0 saturated heterocycles. The van der Waals surface area contributed by atoms with Crippen LogP contribution in [0.3, 0.4) is 0 Å². The molecule has 5 atom stereocenters. The lowest BCUT2D eigenvalue weighted by atomic mass is 9.43. The second-order valence-corrected chi connectivity index (χ2v) is 13.0. The lowest BCUT2D eigenvalue weighted by Gasteiger charge is -2.61. The van der Waals surface area contributed by atoms with Gasteiger partial charge in [0.05, 0.1) is 0 Å². The van der Waals surface area contributed by atoms with Crippen molar-refractivity contribution in [3.05, 3.63) is 57.9 Å². The van der Waals surface area contributed by atoms with E-state index in [1.54, 1.807) is 11.6 Å². The zero-order valence-electron chi connectivity index (χ0n) is 21.6. The second-order valence-electron chi connectivity index (χ2n) is 13.0. The fourth-order valence-corrected chi connectivity index (χ4v) is 8.30. The average Bonchev–Trinajstić information content (AvgIpc) is 2.73. The van der Waals surface area contributed by atoms with Crippen LogP contribution in [0.4, 0.5) is 0 Å². The number of allylic oxidation sites excluding steroid dienone is 9. The maximum absolute atomic E-state index is 12.6. The molecule has 3 heteroatoms. The fourth-order valence-electron chi connectivity index (χ4n) is 8.30. The van der Waals surface area contributed by atoms with Gasteiger partial charge in [0.25, 0.3) is 0 Å². The Morgan fingerprint density at radius 3 is 2.42 bits per heavy atom. The molecule has 178 valence electrons. The third-order valence-corrected chi connectivity index (χ3v) is 10.2. The van der Waals surface area contributed by atoms with Crippen LogP contribution in [0, 0.1) is 27.6 Å². The number of hydrogen-bond donors (Lipinski definition) is 1. The zero-order valence-corrected chi connectivity index (χ0v) is 21.6. The summed E-state index contributed by atoms with van der Waals surface area (Å²) in [6.07, 6.45) is 16.1. The van der Waals surface area contributed by atoms with Crippen LogP contribution >= 0.6 is 0 Å². The highest BCUT2D eigenvalue weighted by Crippen LogP contribution is 2.68. The van der Waals surface area contributed by atoms with E-state index in [-0.39, 0.29) is 22.4 Å². The van der Waals surface area contributed by atoms with E-state index < -0.39 is 0 Å². The number of fused-ring (bicyclic) bond motifs is 7. The van der Waals surface area contributed by atoms with Crippen molar-refractivity contribution in [1.82, 2.24) is 4.90 Å². The normalized spacial score (nSPS) is 42.4. The van der Waals surface area contributed by atoms with Crippen LogP contribution < -0.4 is 0 Å². The van der Waals surface area contributed by atoms with E-state index in [2.05, 4.69) is 64.9 Å². The minimum atomic E-state index is -0.245. The number of rotatable bonds is 2. The van der Waals surface area contributed by atoms with Gasteiger partial charge in [-0.05, 0) is 99.1 Å². The highest BCUT2D eigenvalue weighted by molar-refractivity contribution is 6.06. The predicted molar refractivity (Wildman–Crippen MR) is 135 cm³/mol. The maximum atomic E-state index is 12.6. The number of hydrogen-bond acceptors (Lipinski definition) is 3. The molecule has 2 saturated carbocycles. The number of aliphatic hydroxyl groups is 1. The molecule has 1 N–H and O–H groups in total. The van der Waals surface area contributed by atoms with Crippen LogP contribution in [0.25, 0.3) is 0 Å². The molecule has 33 heavy (non-hydrogen) atoms. The molecule has 3 nitrogen and oxygen atoms in total. The lowest BCUT2D eigenvalue weighted by Crippen LogP contribution is -2.52. The molecule has 0 aromatic rings. The number of aliphatic hydroxyl groups excluding tert-OH is 1. The van der Waals surface area contributed by atoms with Crippen molar-refractivity contribution in [1.29, 1.82) is 0 Å². The van der Waals surface area contributed by atoms with Gasteiger partial charge in [-0.2, -0.15) is 0 Å². The van der Waals surface area contributed by atoms with Gasteiger partial charge >= 0.3 is 0 Å². The number of carbonyl (C=O) groups excluding carboxylic acids is 1. The van der Waals surface area contributed by atoms with E-state index in [0.717, 1.165) is 29.7 Å². The van der Waals surface area contributed by atoms with E-state index in [1.807, 2.05) is 6.92 Å². The van der Waals surface area contributed by atoms with Gasteiger partial charge in [0.15, 0.2) is 5.76 Å². The Kier molecular flexibility index (Phi) is 4.91. The summed E-state index contributed by atoms with van der Waals surface area (Å²) in [7, 11) is 4.42. The highest BCUT2D eigenvalue weighted by Gasteiger charge is 2.58. The third kappa shape index (κ3) is 3.14. The first-order valence-electron chi connectivity index (χ1n) is 12.8. The summed E-state index contributed by atoms with van der Waals surface area (Å²) in [6.45, 7) is 12.9. The maximum Gasteiger partial charge on any atom is 0.220 e. The molecule has 5 aliphatic carbocycles. The molecule has 0 bridgehead atoms. The standard InChI is InChI=1S/C30H41NO2/c1-19-20-8-9-25-29(4,22(20)16-24(32)26(19)33)11-10-21-23-17-27(2,18-31(6)7)12-13-28(23,3)14-15-30(21,25)5/h8-10,16,23,33H,11-15,17-18H2,1-7H3/t23-,27+,28+,29-,30-/m0/s1. The number of nitrogens with zero attached hydrogens (tertiary/aromatic N) is 1. The molecule has 0 amide bonds. The van der Waals surface area contributed by atoms with Crippen LogP contribution in [0.5, 0.6) is 0 Å².